The molecule has 2 N–H and O–H groups in total. The minimum atomic E-state index is -2.83. The van der Waals surface area contributed by atoms with E-state index in [1.54, 1.807) is 42.3 Å². The Morgan fingerprint density at radius 2 is 1.36 bits per heavy atom. The van der Waals surface area contributed by atoms with Crippen LogP contribution in [0.15, 0.2) is 120 Å². The summed E-state index contributed by atoms with van der Waals surface area (Å²) in [7, 11) is 1.61. The van der Waals surface area contributed by atoms with Crippen molar-refractivity contribution in [2.75, 3.05) is 35.0 Å². The van der Waals surface area contributed by atoms with E-state index in [1.807, 2.05) is 52.0 Å². The van der Waals surface area contributed by atoms with Crippen LogP contribution in [-0.2, 0) is 62.9 Å². The lowest BCUT2D eigenvalue weighted by Crippen LogP contribution is -2.68. The molecule has 1 aliphatic carbocycles. The number of carboxylic acids is 1. The smallest absolute Gasteiger partial charge is 0.374 e. The predicted molar refractivity (Wildman–Crippen MR) is 363 cm³/mol. The lowest BCUT2D eigenvalue weighted by molar-refractivity contribution is -0.429. The average molecular weight is 1300 g/mol. The molecule has 91 heavy (non-hydrogen) atoms. The molecular weight excluding hydrogens is 1180 g/mol. The second-order valence-corrected chi connectivity index (χ2v) is 39.2. The van der Waals surface area contributed by atoms with Gasteiger partial charge in [0.05, 0.1) is 69.2 Å². The van der Waals surface area contributed by atoms with Crippen LogP contribution in [0.25, 0.3) is 0 Å². The van der Waals surface area contributed by atoms with Gasteiger partial charge in [-0.1, -0.05) is 153 Å². The largest absolute Gasteiger partial charge is 0.497 e. The predicted octanol–water partition coefficient (Wildman–Crippen LogP) is 14.4. The number of aliphatic carboxylic acids is 1. The van der Waals surface area contributed by atoms with Crippen LogP contribution in [0, 0.1) is 29.6 Å². The summed E-state index contributed by atoms with van der Waals surface area (Å²) in [5.74, 6) is -4.22. The number of benzene rings is 3. The highest BCUT2D eigenvalue weighted by molar-refractivity contribution is 6.99. The third kappa shape index (κ3) is 18.2. The van der Waals surface area contributed by atoms with Crippen molar-refractivity contribution in [3.8, 4) is 5.75 Å². The molecule has 3 heterocycles. The van der Waals surface area contributed by atoms with Crippen molar-refractivity contribution < 1.29 is 71.2 Å². The van der Waals surface area contributed by atoms with E-state index in [1.165, 1.54) is 10.4 Å². The normalized spacial score (nSPS) is 26.7. The number of rotatable bonds is 28. The van der Waals surface area contributed by atoms with Crippen molar-refractivity contribution in [3.05, 3.63) is 125 Å². The third-order valence-corrected chi connectivity index (χ3v) is 29.5. The first-order valence-corrected chi connectivity index (χ1v) is 38.1. The first-order chi connectivity index (χ1) is 42.6. The summed E-state index contributed by atoms with van der Waals surface area (Å²) in [6, 6.07) is 29.6. The summed E-state index contributed by atoms with van der Waals surface area (Å²) in [6.45, 7) is 36.6. The molecule has 4 aliphatic rings. The number of hydrogen-bond acceptors (Lipinski definition) is 14. The van der Waals surface area contributed by atoms with Gasteiger partial charge in [0, 0.05) is 59.4 Å². The highest BCUT2D eigenvalue weighted by atomic mass is 28.4. The first kappa shape index (κ1) is 74.2. The molecule has 0 aromatic heterocycles. The first-order valence-electron chi connectivity index (χ1n) is 33.3. The van der Waals surface area contributed by atoms with Crippen molar-refractivity contribution in [3.63, 3.8) is 0 Å². The van der Waals surface area contributed by atoms with Crippen LogP contribution in [-0.4, -0.2) is 134 Å². The molecule has 0 radical (unpaired) electrons. The Morgan fingerprint density at radius 3 is 1.91 bits per heavy atom. The van der Waals surface area contributed by atoms with Crippen LogP contribution < -0.4 is 15.1 Å². The van der Waals surface area contributed by atoms with Gasteiger partial charge in [-0.05, 0) is 141 Å². The van der Waals surface area contributed by atoms with Gasteiger partial charge < -0.3 is 66.4 Å². The average Bonchev–Trinajstić information content (AvgIpc) is 1.53. The number of hydrogen-bond donors (Lipinski definition) is 2. The number of carbonyl (C=O) groups is 1. The molecule has 14 atom stereocenters. The van der Waals surface area contributed by atoms with Gasteiger partial charge in [0.25, 0.3) is 8.32 Å². The van der Waals surface area contributed by atoms with E-state index < -0.39 is 64.4 Å². The van der Waals surface area contributed by atoms with Gasteiger partial charge in [-0.15, -0.1) is 0 Å². The van der Waals surface area contributed by atoms with Gasteiger partial charge >= 0.3 is 5.97 Å². The van der Waals surface area contributed by atoms with Gasteiger partial charge in [-0.25, -0.2) is 4.79 Å². The standard InChI is InChI=1S/C74H114O15Si2/c1-48(38-49(2)40-62(80-18)67(88-90(20,21)70(6,7)8)63(81-19)42-51(4)66-68(69(76)77)86-72(12,13)85-66)39-55-44-57(82-46-53-32-35-56(78-16)36-33-53)47-83-74(55)45-64(84-73(14,15)89-74)52(5)65(75)50(3)41-54-34-37-60(61(43-54)79-17)87-91(71(9,10)11,58-28-24-22-25-29-58)59-30-26-23-27-31-59/h22-33,35-36,39,41,49,51-52,54-55,57,60-65,67,75H,34,37-38,40,42-47H2,1-21H3,(H,76,77)/b48-39+,50-41+/t49-,51+,52+,54-,55-,57+,60+,61+,62-,63-,64-,65+,67+,74+/m0/s1. The summed E-state index contributed by atoms with van der Waals surface area (Å²) >= 11 is 0. The monoisotopic (exact) mass is 1300 g/mol. The summed E-state index contributed by atoms with van der Waals surface area (Å²) in [5.41, 5.74) is 3.10. The van der Waals surface area contributed by atoms with Crippen LogP contribution in [0.3, 0.4) is 0 Å². The molecule has 0 bridgehead atoms. The maximum atomic E-state index is 12.5. The summed E-state index contributed by atoms with van der Waals surface area (Å²) in [4.78, 5) is 12.4. The van der Waals surface area contributed by atoms with E-state index in [0.717, 1.165) is 48.1 Å². The maximum Gasteiger partial charge on any atom is 0.374 e. The molecule has 15 nitrogen and oxygen atoms in total. The van der Waals surface area contributed by atoms with Gasteiger partial charge in [-0.2, -0.15) is 0 Å². The second kappa shape index (κ2) is 30.7. The van der Waals surface area contributed by atoms with Crippen molar-refractivity contribution in [2.24, 2.45) is 29.6 Å². The summed E-state index contributed by atoms with van der Waals surface area (Å²) in [6.07, 6.45) is 6.84. The van der Waals surface area contributed by atoms with Crippen LogP contribution >= 0.6 is 0 Å². The SMILES string of the molecule is COc1ccc(CO[C@H]2CO[C@@]3(C[C@@H]([C@@H](C)[C@H](O)/C(C)=C/[C@@H]4CC[C@@H](O[Si](c5ccccc5)(c5ccccc5)C(C)(C)C)[C@H](OC)C4)OC(C)(C)O3)[C@@H](/C=C(\C)C[C@H](C)C[C@H](OC)[C@@H](O[Si](C)(C)C(C)(C)C)[C@H](C[C@@H](C)C3=C(C(=O)O)OC(C)(C)O3)OC)C2)cc1. The van der Waals surface area contributed by atoms with E-state index in [2.05, 4.69) is 148 Å². The zero-order valence-electron chi connectivity index (χ0n) is 59.0. The highest BCUT2D eigenvalue weighted by Gasteiger charge is 2.57. The van der Waals surface area contributed by atoms with Crippen molar-refractivity contribution in [1.29, 1.82) is 0 Å². The lowest BCUT2D eigenvalue weighted by Gasteiger charge is -2.54. The number of methoxy groups -OCH3 is 4. The molecule has 3 fully saturated rings. The van der Waals surface area contributed by atoms with Crippen LogP contribution in [0.2, 0.25) is 23.2 Å². The molecule has 3 aromatic rings. The molecule has 0 unspecified atom stereocenters. The zero-order chi connectivity index (χ0) is 67.1. The Hall–Kier alpha value is -4.22. The molecule has 1 saturated carbocycles. The number of aliphatic hydroxyl groups excluding tert-OH is 1. The minimum absolute atomic E-state index is 0.107. The van der Waals surface area contributed by atoms with E-state index in [4.69, 9.17) is 56.2 Å². The van der Waals surface area contributed by atoms with Gasteiger partial charge in [-0.3, -0.25) is 0 Å². The Morgan fingerprint density at radius 1 is 0.758 bits per heavy atom. The van der Waals surface area contributed by atoms with Crippen LogP contribution in [0.1, 0.15) is 161 Å². The maximum absolute atomic E-state index is 12.5. The second-order valence-electron chi connectivity index (χ2n) is 30.2. The fraction of sp³-hybridized carbons (Fsp3) is 0.662. The van der Waals surface area contributed by atoms with Crippen LogP contribution in [0.4, 0.5) is 0 Å². The van der Waals surface area contributed by atoms with E-state index >= 15 is 0 Å². The molecule has 7 rings (SSSR count). The van der Waals surface area contributed by atoms with Crippen molar-refractivity contribution in [2.45, 2.75) is 251 Å². The minimum Gasteiger partial charge on any atom is -0.497 e. The number of ether oxygens (including phenoxy) is 10. The molecule has 508 valence electrons. The Balaban J connectivity index is 1.12. The molecule has 17 heteroatoms. The molecule has 3 aliphatic heterocycles. The van der Waals surface area contributed by atoms with Gasteiger partial charge in [0.15, 0.2) is 25.7 Å². The number of allylic oxidation sites excluding steroid dienone is 3. The fourth-order valence-corrected chi connectivity index (χ4v) is 20.3. The van der Waals surface area contributed by atoms with Crippen molar-refractivity contribution in [1.82, 2.24) is 0 Å². The van der Waals surface area contributed by atoms with Gasteiger partial charge in [0.1, 0.15) is 5.75 Å². The molecular formula is C74H114O15Si2. The highest BCUT2D eigenvalue weighted by Crippen LogP contribution is 2.49. The molecule has 2 saturated heterocycles. The molecule has 0 amide bonds. The molecule has 3 aromatic carbocycles. The van der Waals surface area contributed by atoms with E-state index in [9.17, 15) is 15.0 Å². The number of aliphatic hydroxyl groups is 1. The Kier molecular flexibility index (Phi) is 25.0. The van der Waals surface area contributed by atoms with Crippen LogP contribution in [0.5, 0.6) is 5.75 Å². The zero-order valence-corrected chi connectivity index (χ0v) is 61.0. The van der Waals surface area contributed by atoms with E-state index in [-0.39, 0.29) is 75.6 Å². The Bertz CT molecular complexity index is 2860. The topological polar surface area (TPSA) is 168 Å². The van der Waals surface area contributed by atoms with Crippen molar-refractivity contribution >= 4 is 33.0 Å². The summed E-state index contributed by atoms with van der Waals surface area (Å²) in [5, 5.41) is 24.8. The van der Waals surface area contributed by atoms with E-state index in [0.29, 0.717) is 38.9 Å². The number of carboxylic acid groups (broad SMARTS) is 1. The quantitative estimate of drug-likeness (QED) is 0.0520. The fourth-order valence-electron chi connectivity index (χ4n) is 14.2. The summed E-state index contributed by atoms with van der Waals surface area (Å²) < 4.78 is 79.2. The van der Waals surface area contributed by atoms with Gasteiger partial charge in [0.2, 0.25) is 11.5 Å². The lowest BCUT2D eigenvalue weighted by atomic mass is 9.78. The third-order valence-electron chi connectivity index (χ3n) is 20.0. The molecule has 1 spiro atoms. The Labute approximate surface area is 548 Å².